The molecule has 0 saturated heterocycles. The lowest BCUT2D eigenvalue weighted by Crippen LogP contribution is -2.26. The van der Waals surface area contributed by atoms with Gasteiger partial charge in [-0.1, -0.05) is 6.07 Å². The Morgan fingerprint density at radius 1 is 1.13 bits per heavy atom. The lowest BCUT2D eigenvalue weighted by molar-refractivity contribution is 0.519. The van der Waals surface area contributed by atoms with Crippen LogP contribution in [0.25, 0.3) is 5.65 Å². The maximum atomic E-state index is 12.2. The Hall–Kier alpha value is -2.45. The summed E-state index contributed by atoms with van der Waals surface area (Å²) in [5, 5.41) is 0. The fraction of sp³-hybridized carbons (Fsp3) is 0.200. The third kappa shape index (κ3) is 2.90. The second-order valence-corrected chi connectivity index (χ2v) is 7.47. The molecular formula is C15H16N4O3S. The third-order valence-electron chi connectivity index (χ3n) is 3.48. The minimum atomic E-state index is -3.59. The molecule has 120 valence electrons. The molecule has 0 spiro atoms. The summed E-state index contributed by atoms with van der Waals surface area (Å²) in [6, 6.07) is 8.20. The Labute approximate surface area is 133 Å². The van der Waals surface area contributed by atoms with Gasteiger partial charge in [0.2, 0.25) is 10.0 Å². The van der Waals surface area contributed by atoms with Crippen LogP contribution in [0.5, 0.6) is 0 Å². The standard InChI is InChI=1S/C15H16N4O3S/c1-17(2)23(21,22)13-6-7-15(20)19(11-13)10-12-9-18-8-4-3-5-14(18)16-12/h3-9,11H,10H2,1-2H3. The molecule has 0 aromatic carbocycles. The maximum absolute atomic E-state index is 12.2. The molecule has 0 amide bonds. The van der Waals surface area contributed by atoms with Crippen molar-refractivity contribution in [2.24, 2.45) is 0 Å². The van der Waals surface area contributed by atoms with E-state index >= 15 is 0 Å². The molecule has 0 aliphatic carbocycles. The van der Waals surface area contributed by atoms with Gasteiger partial charge in [0.25, 0.3) is 5.56 Å². The monoisotopic (exact) mass is 332 g/mol. The summed E-state index contributed by atoms with van der Waals surface area (Å²) in [6.07, 6.45) is 5.03. The number of sulfonamides is 1. The largest absolute Gasteiger partial charge is 0.308 e. The average Bonchev–Trinajstić information content (AvgIpc) is 2.91. The van der Waals surface area contributed by atoms with Crippen molar-refractivity contribution in [2.45, 2.75) is 11.4 Å². The van der Waals surface area contributed by atoms with Crippen LogP contribution in [-0.4, -0.2) is 40.8 Å². The molecule has 3 aromatic heterocycles. The highest BCUT2D eigenvalue weighted by Crippen LogP contribution is 2.12. The minimum absolute atomic E-state index is 0.0749. The summed E-state index contributed by atoms with van der Waals surface area (Å²) < 4.78 is 28.7. The van der Waals surface area contributed by atoms with E-state index in [1.807, 2.05) is 35.0 Å². The molecule has 3 heterocycles. The SMILES string of the molecule is CN(C)S(=O)(=O)c1ccc(=O)n(Cc2cn3ccccc3n2)c1. The molecule has 3 rings (SSSR count). The van der Waals surface area contributed by atoms with E-state index in [9.17, 15) is 13.2 Å². The van der Waals surface area contributed by atoms with Crippen LogP contribution < -0.4 is 5.56 Å². The minimum Gasteiger partial charge on any atom is -0.308 e. The van der Waals surface area contributed by atoms with E-state index in [0.717, 1.165) is 9.95 Å². The Kier molecular flexibility index (Phi) is 3.78. The van der Waals surface area contributed by atoms with Crippen molar-refractivity contribution < 1.29 is 8.42 Å². The maximum Gasteiger partial charge on any atom is 0.250 e. The molecule has 0 radical (unpaired) electrons. The molecule has 0 fully saturated rings. The van der Waals surface area contributed by atoms with Crippen LogP contribution in [0, 0.1) is 0 Å². The number of hydrogen-bond donors (Lipinski definition) is 0. The number of pyridine rings is 2. The molecule has 0 aliphatic rings. The number of nitrogens with zero attached hydrogens (tertiary/aromatic N) is 4. The molecule has 0 saturated carbocycles. The highest BCUT2D eigenvalue weighted by molar-refractivity contribution is 7.89. The molecule has 0 aliphatic heterocycles. The fourth-order valence-electron chi connectivity index (χ4n) is 2.23. The summed E-state index contributed by atoms with van der Waals surface area (Å²) in [4.78, 5) is 16.5. The summed E-state index contributed by atoms with van der Waals surface area (Å²) in [6.45, 7) is 0.206. The van der Waals surface area contributed by atoms with Crippen molar-refractivity contribution in [1.29, 1.82) is 0 Å². The van der Waals surface area contributed by atoms with Gasteiger partial charge >= 0.3 is 0 Å². The van der Waals surface area contributed by atoms with Crippen molar-refractivity contribution in [1.82, 2.24) is 18.3 Å². The zero-order valence-corrected chi connectivity index (χ0v) is 13.6. The molecule has 8 heteroatoms. The van der Waals surface area contributed by atoms with Crippen LogP contribution in [0.3, 0.4) is 0 Å². The lowest BCUT2D eigenvalue weighted by atomic mass is 10.4. The van der Waals surface area contributed by atoms with E-state index < -0.39 is 10.0 Å². The van der Waals surface area contributed by atoms with Crippen molar-refractivity contribution in [3.63, 3.8) is 0 Å². The van der Waals surface area contributed by atoms with Gasteiger partial charge in [0.05, 0.1) is 17.1 Å². The van der Waals surface area contributed by atoms with Crippen LogP contribution in [0.2, 0.25) is 0 Å². The Balaban J connectivity index is 2.01. The van der Waals surface area contributed by atoms with Crippen LogP contribution in [0.4, 0.5) is 0 Å². The summed E-state index contributed by atoms with van der Waals surface area (Å²) >= 11 is 0. The number of aromatic nitrogens is 3. The van der Waals surface area contributed by atoms with Gasteiger partial charge in [0, 0.05) is 38.8 Å². The fourth-order valence-corrected chi connectivity index (χ4v) is 3.16. The first-order chi connectivity index (χ1) is 10.9. The van der Waals surface area contributed by atoms with Crippen LogP contribution in [-0.2, 0) is 16.6 Å². The van der Waals surface area contributed by atoms with E-state index in [-0.39, 0.29) is 17.0 Å². The summed E-state index contributed by atoms with van der Waals surface area (Å²) in [5.41, 5.74) is 1.17. The predicted octanol–water partition coefficient (Wildman–Crippen LogP) is 0.795. The second-order valence-electron chi connectivity index (χ2n) is 5.32. The molecule has 3 aromatic rings. The van der Waals surface area contributed by atoms with Crippen molar-refractivity contribution >= 4 is 15.7 Å². The van der Waals surface area contributed by atoms with Crippen molar-refractivity contribution in [2.75, 3.05) is 14.1 Å². The van der Waals surface area contributed by atoms with Crippen molar-refractivity contribution in [3.05, 3.63) is 65.0 Å². The molecule has 0 bridgehead atoms. The topological polar surface area (TPSA) is 76.7 Å². The van der Waals surface area contributed by atoms with Crippen LogP contribution in [0.1, 0.15) is 5.69 Å². The zero-order chi connectivity index (χ0) is 16.6. The third-order valence-corrected chi connectivity index (χ3v) is 5.28. The predicted molar refractivity (Wildman–Crippen MR) is 85.9 cm³/mol. The molecule has 0 atom stereocenters. The van der Waals surface area contributed by atoms with Gasteiger partial charge in [0.15, 0.2) is 0 Å². The van der Waals surface area contributed by atoms with Gasteiger partial charge in [-0.15, -0.1) is 0 Å². The molecular weight excluding hydrogens is 316 g/mol. The van der Waals surface area contributed by atoms with E-state index in [4.69, 9.17) is 0 Å². The average molecular weight is 332 g/mol. The van der Waals surface area contributed by atoms with Gasteiger partial charge in [-0.25, -0.2) is 17.7 Å². The van der Waals surface area contributed by atoms with Gasteiger partial charge < -0.3 is 8.97 Å². The quantitative estimate of drug-likeness (QED) is 0.708. The van der Waals surface area contributed by atoms with Crippen LogP contribution in [0.15, 0.2) is 58.6 Å². The van der Waals surface area contributed by atoms with Gasteiger partial charge in [0.1, 0.15) is 5.65 Å². The van der Waals surface area contributed by atoms with Gasteiger partial charge in [-0.2, -0.15) is 0 Å². The van der Waals surface area contributed by atoms with E-state index in [2.05, 4.69) is 4.98 Å². The van der Waals surface area contributed by atoms with E-state index in [1.165, 1.54) is 37.0 Å². The van der Waals surface area contributed by atoms with Gasteiger partial charge in [-0.05, 0) is 18.2 Å². The number of hydrogen-bond acceptors (Lipinski definition) is 4. The molecule has 7 nitrogen and oxygen atoms in total. The highest BCUT2D eigenvalue weighted by Gasteiger charge is 2.18. The Morgan fingerprint density at radius 2 is 1.91 bits per heavy atom. The first kappa shape index (κ1) is 15.4. The second kappa shape index (κ2) is 5.64. The summed E-state index contributed by atoms with van der Waals surface area (Å²) in [7, 11) is -0.683. The number of imidazole rings is 1. The Bertz CT molecular complexity index is 985. The summed E-state index contributed by atoms with van der Waals surface area (Å²) in [5.74, 6) is 0. The molecule has 0 N–H and O–H groups in total. The first-order valence-corrected chi connectivity index (χ1v) is 8.37. The zero-order valence-electron chi connectivity index (χ0n) is 12.7. The van der Waals surface area contributed by atoms with E-state index in [0.29, 0.717) is 5.69 Å². The smallest absolute Gasteiger partial charge is 0.250 e. The first-order valence-electron chi connectivity index (χ1n) is 6.93. The van der Waals surface area contributed by atoms with Gasteiger partial charge in [-0.3, -0.25) is 4.79 Å². The highest BCUT2D eigenvalue weighted by atomic mass is 32.2. The van der Waals surface area contributed by atoms with E-state index in [1.54, 1.807) is 0 Å². The van der Waals surface area contributed by atoms with Crippen LogP contribution >= 0.6 is 0 Å². The normalized spacial score (nSPS) is 12.1. The molecule has 0 unspecified atom stereocenters. The number of rotatable bonds is 4. The number of fused-ring (bicyclic) bond motifs is 1. The molecule has 23 heavy (non-hydrogen) atoms. The lowest BCUT2D eigenvalue weighted by Gasteiger charge is -2.12. The Morgan fingerprint density at radius 3 is 2.61 bits per heavy atom. The van der Waals surface area contributed by atoms with Crippen molar-refractivity contribution in [3.8, 4) is 0 Å².